The van der Waals surface area contributed by atoms with Crippen LogP contribution in [0, 0.1) is 0 Å². The van der Waals surface area contributed by atoms with Crippen molar-refractivity contribution >= 4 is 29.7 Å². The van der Waals surface area contributed by atoms with Crippen molar-refractivity contribution in [2.45, 2.75) is 82.3 Å². The van der Waals surface area contributed by atoms with E-state index in [1.807, 2.05) is 0 Å². The molecule has 202 valence electrons. The molecule has 0 radical (unpaired) electrons. The molecule has 0 saturated carbocycles. The van der Waals surface area contributed by atoms with Crippen molar-refractivity contribution in [1.29, 1.82) is 0 Å². The van der Waals surface area contributed by atoms with Crippen LogP contribution in [0.25, 0.3) is 0 Å². The molecule has 0 fully saturated rings. The van der Waals surface area contributed by atoms with Crippen LogP contribution in [0.1, 0.15) is 46.0 Å². The SMILES string of the molecule is CC(O)C(N)C(=O)NC(CCCCN)C(=O)NC(CCCN=C(N)N)C(=O)NC(C(=O)O)C(C)O. The maximum absolute atomic E-state index is 13.0. The molecule has 0 saturated heterocycles. The van der Waals surface area contributed by atoms with E-state index in [4.69, 9.17) is 22.9 Å². The Labute approximate surface area is 204 Å². The minimum Gasteiger partial charge on any atom is -0.480 e. The molecule has 0 aromatic rings. The Bertz CT molecular complexity index is 728. The van der Waals surface area contributed by atoms with Crippen LogP contribution in [0.3, 0.4) is 0 Å². The molecular weight excluding hydrogens is 464 g/mol. The second kappa shape index (κ2) is 16.6. The molecule has 0 heterocycles. The number of carboxylic acids is 1. The summed E-state index contributed by atoms with van der Waals surface area (Å²) in [5.74, 6) is -3.96. The minimum atomic E-state index is -1.61. The fourth-order valence-electron chi connectivity index (χ4n) is 2.94. The fourth-order valence-corrected chi connectivity index (χ4v) is 2.94. The van der Waals surface area contributed by atoms with Gasteiger partial charge in [-0.05, 0) is 52.5 Å². The normalized spacial score (nSPS) is 16.1. The highest BCUT2D eigenvalue weighted by Gasteiger charge is 2.32. The molecule has 0 aliphatic carbocycles. The van der Waals surface area contributed by atoms with Gasteiger partial charge in [-0.3, -0.25) is 19.4 Å². The van der Waals surface area contributed by atoms with Gasteiger partial charge in [0.15, 0.2) is 12.0 Å². The van der Waals surface area contributed by atoms with Gasteiger partial charge in [-0.25, -0.2) is 4.79 Å². The van der Waals surface area contributed by atoms with Crippen molar-refractivity contribution in [3.8, 4) is 0 Å². The minimum absolute atomic E-state index is 0.0250. The molecule has 6 unspecified atom stereocenters. The average molecular weight is 505 g/mol. The Kier molecular flexibility index (Phi) is 15.2. The number of guanidine groups is 1. The van der Waals surface area contributed by atoms with E-state index in [2.05, 4.69) is 20.9 Å². The summed E-state index contributed by atoms with van der Waals surface area (Å²) in [6.07, 6.45) is -1.07. The molecule has 0 aromatic heterocycles. The number of rotatable bonds is 17. The summed E-state index contributed by atoms with van der Waals surface area (Å²) < 4.78 is 0. The van der Waals surface area contributed by atoms with Crippen LogP contribution >= 0.6 is 0 Å². The van der Waals surface area contributed by atoms with Gasteiger partial charge in [0.25, 0.3) is 0 Å². The number of carbonyl (C=O) groups is 4. The molecule has 6 atom stereocenters. The van der Waals surface area contributed by atoms with Crippen molar-refractivity contribution in [2.24, 2.45) is 27.9 Å². The number of hydrogen-bond donors (Lipinski definition) is 10. The van der Waals surface area contributed by atoms with E-state index >= 15 is 0 Å². The number of aliphatic hydroxyl groups excluding tert-OH is 2. The Morgan fingerprint density at radius 2 is 1.34 bits per heavy atom. The molecule has 0 bridgehead atoms. The molecule has 0 spiro atoms. The topological polar surface area (TPSA) is 282 Å². The molecular formula is C20H40N8O7. The van der Waals surface area contributed by atoms with Crippen molar-refractivity contribution in [3.63, 3.8) is 0 Å². The van der Waals surface area contributed by atoms with E-state index in [1.165, 1.54) is 13.8 Å². The second-order valence-electron chi connectivity index (χ2n) is 8.19. The first-order valence-corrected chi connectivity index (χ1v) is 11.3. The van der Waals surface area contributed by atoms with E-state index in [0.29, 0.717) is 19.4 Å². The van der Waals surface area contributed by atoms with Crippen LogP contribution in [0.4, 0.5) is 0 Å². The van der Waals surface area contributed by atoms with E-state index < -0.39 is 60.1 Å². The van der Waals surface area contributed by atoms with Gasteiger partial charge >= 0.3 is 5.97 Å². The lowest BCUT2D eigenvalue weighted by atomic mass is 10.0. The number of carbonyl (C=O) groups excluding carboxylic acids is 3. The number of aliphatic hydroxyl groups is 2. The number of aliphatic carboxylic acids is 1. The summed E-state index contributed by atoms with van der Waals surface area (Å²) in [6.45, 7) is 3.02. The zero-order valence-electron chi connectivity index (χ0n) is 20.1. The smallest absolute Gasteiger partial charge is 0.328 e. The largest absolute Gasteiger partial charge is 0.480 e. The molecule has 35 heavy (non-hydrogen) atoms. The molecule has 15 nitrogen and oxygen atoms in total. The lowest BCUT2D eigenvalue weighted by Crippen LogP contribution is -2.59. The van der Waals surface area contributed by atoms with Crippen molar-refractivity contribution in [1.82, 2.24) is 16.0 Å². The highest BCUT2D eigenvalue weighted by atomic mass is 16.4. The number of aliphatic imine (C=N–C) groups is 1. The molecule has 0 rings (SSSR count). The zero-order valence-corrected chi connectivity index (χ0v) is 20.1. The lowest BCUT2D eigenvalue weighted by molar-refractivity contribution is -0.145. The van der Waals surface area contributed by atoms with E-state index in [-0.39, 0.29) is 31.8 Å². The highest BCUT2D eigenvalue weighted by molar-refractivity contribution is 5.94. The standard InChI is InChI=1S/C20H40N8O7/c1-10(29)14(22)18(33)27-12(6-3-4-8-21)16(31)26-13(7-5-9-25-20(23)24)17(32)28-15(11(2)30)19(34)35/h10-15,29-30H,3-9,21-22H2,1-2H3,(H,26,31)(H,27,33)(H,28,32)(H,34,35)(H4,23,24,25). The Morgan fingerprint density at radius 3 is 1.80 bits per heavy atom. The second-order valence-corrected chi connectivity index (χ2v) is 8.19. The van der Waals surface area contributed by atoms with Crippen molar-refractivity contribution in [3.05, 3.63) is 0 Å². The predicted molar refractivity (Wildman–Crippen MR) is 128 cm³/mol. The van der Waals surface area contributed by atoms with E-state index in [9.17, 15) is 34.5 Å². The summed E-state index contributed by atoms with van der Waals surface area (Å²) in [5, 5.41) is 35.6. The number of amides is 3. The van der Waals surface area contributed by atoms with Crippen LogP contribution in [-0.4, -0.2) is 94.4 Å². The molecule has 0 aromatic carbocycles. The van der Waals surface area contributed by atoms with Crippen LogP contribution in [0.15, 0.2) is 4.99 Å². The van der Waals surface area contributed by atoms with Crippen molar-refractivity contribution in [2.75, 3.05) is 13.1 Å². The number of nitrogens with two attached hydrogens (primary N) is 4. The van der Waals surface area contributed by atoms with Gasteiger partial charge in [-0.15, -0.1) is 0 Å². The number of carboxylic acid groups (broad SMARTS) is 1. The maximum Gasteiger partial charge on any atom is 0.328 e. The van der Waals surface area contributed by atoms with Gasteiger partial charge in [-0.2, -0.15) is 0 Å². The first-order valence-electron chi connectivity index (χ1n) is 11.3. The summed E-state index contributed by atoms with van der Waals surface area (Å²) in [5.41, 5.74) is 21.7. The molecule has 15 heteroatoms. The predicted octanol–water partition coefficient (Wildman–Crippen LogP) is -4.20. The van der Waals surface area contributed by atoms with Gasteiger partial charge in [0.05, 0.1) is 12.2 Å². The fraction of sp³-hybridized carbons (Fsp3) is 0.750. The Balaban J connectivity index is 5.62. The number of nitrogens with zero attached hydrogens (tertiary/aromatic N) is 1. The molecule has 14 N–H and O–H groups in total. The quantitative estimate of drug-likeness (QED) is 0.0514. The van der Waals surface area contributed by atoms with Crippen molar-refractivity contribution < 1.29 is 34.5 Å². The zero-order chi connectivity index (χ0) is 27.1. The summed E-state index contributed by atoms with van der Waals surface area (Å²) in [6, 6.07) is -5.21. The maximum atomic E-state index is 13.0. The lowest BCUT2D eigenvalue weighted by Gasteiger charge is -2.26. The van der Waals surface area contributed by atoms with Crippen LogP contribution < -0.4 is 38.9 Å². The van der Waals surface area contributed by atoms with Gasteiger partial charge in [0, 0.05) is 6.54 Å². The van der Waals surface area contributed by atoms with E-state index in [1.54, 1.807) is 0 Å². The third-order valence-corrected chi connectivity index (χ3v) is 5.03. The van der Waals surface area contributed by atoms with Gasteiger partial charge in [0.2, 0.25) is 17.7 Å². The van der Waals surface area contributed by atoms with Crippen LogP contribution in [-0.2, 0) is 19.2 Å². The number of hydrogen-bond acceptors (Lipinski definition) is 9. The molecule has 0 aliphatic rings. The Hall–Kier alpha value is -3.01. The highest BCUT2D eigenvalue weighted by Crippen LogP contribution is 2.06. The molecule has 0 aliphatic heterocycles. The first-order chi connectivity index (χ1) is 16.3. The number of nitrogens with one attached hydrogen (secondary N) is 3. The van der Waals surface area contributed by atoms with Crippen LogP contribution in [0.5, 0.6) is 0 Å². The van der Waals surface area contributed by atoms with Gasteiger partial charge in [0.1, 0.15) is 18.1 Å². The summed E-state index contributed by atoms with van der Waals surface area (Å²) >= 11 is 0. The summed E-state index contributed by atoms with van der Waals surface area (Å²) in [7, 11) is 0. The van der Waals surface area contributed by atoms with Gasteiger partial charge < -0.3 is 54.2 Å². The summed E-state index contributed by atoms with van der Waals surface area (Å²) in [4.78, 5) is 53.3. The first kappa shape index (κ1) is 32.0. The Morgan fingerprint density at radius 1 is 0.829 bits per heavy atom. The number of unbranched alkanes of at least 4 members (excludes halogenated alkanes) is 1. The van der Waals surface area contributed by atoms with Gasteiger partial charge in [-0.1, -0.05) is 0 Å². The average Bonchev–Trinajstić information content (AvgIpc) is 2.77. The van der Waals surface area contributed by atoms with Crippen LogP contribution in [0.2, 0.25) is 0 Å². The third kappa shape index (κ3) is 12.9. The third-order valence-electron chi connectivity index (χ3n) is 5.03. The van der Waals surface area contributed by atoms with E-state index in [0.717, 1.165) is 0 Å². The monoisotopic (exact) mass is 504 g/mol. The molecule has 3 amide bonds.